The molecule has 0 bridgehead atoms. The van der Waals surface area contributed by atoms with Gasteiger partial charge in [-0.1, -0.05) is 0 Å². The van der Waals surface area contributed by atoms with Crippen LogP contribution in [0.3, 0.4) is 0 Å². The lowest BCUT2D eigenvalue weighted by molar-refractivity contribution is -0.384. The van der Waals surface area contributed by atoms with E-state index in [1.807, 2.05) is 0 Å². The summed E-state index contributed by atoms with van der Waals surface area (Å²) in [6.07, 6.45) is 4.30. The molecule has 21 heavy (non-hydrogen) atoms. The highest BCUT2D eigenvalue weighted by molar-refractivity contribution is 5.82. The minimum Gasteiger partial charge on any atom is -0.258 e. The van der Waals surface area contributed by atoms with Crippen molar-refractivity contribution in [3.8, 4) is 5.82 Å². The van der Waals surface area contributed by atoms with E-state index < -0.39 is 4.92 Å². The highest BCUT2D eigenvalue weighted by atomic mass is 16.6. The zero-order chi connectivity index (χ0) is 14.8. The molecule has 0 amide bonds. The van der Waals surface area contributed by atoms with Crippen molar-refractivity contribution in [1.82, 2.24) is 19.7 Å². The summed E-state index contributed by atoms with van der Waals surface area (Å²) in [6.45, 7) is 0. The van der Waals surface area contributed by atoms with E-state index in [0.717, 1.165) is 0 Å². The molecule has 0 aliphatic rings. The molecule has 0 spiro atoms. The maximum absolute atomic E-state index is 10.8. The predicted octanol–water partition coefficient (Wildman–Crippen LogP) is 2.67. The second kappa shape index (κ2) is 4.87. The monoisotopic (exact) mass is 282 g/mol. The van der Waals surface area contributed by atoms with Crippen LogP contribution in [0.15, 0.2) is 41.9 Å². The number of fused-ring (bicyclic) bond motifs is 1. The van der Waals surface area contributed by atoms with Gasteiger partial charge in [-0.05, 0) is 16.7 Å². The Kier molecular flexibility index (Phi) is 2.90. The Labute approximate surface area is 116 Å². The molecule has 102 valence electrons. The molecule has 2 aromatic heterocycles. The number of nitro benzene ring substituents is 1. The van der Waals surface area contributed by atoms with Crippen molar-refractivity contribution in [3.63, 3.8) is 0 Å². The van der Waals surface area contributed by atoms with Gasteiger partial charge in [0.05, 0.1) is 16.6 Å². The Bertz CT molecular complexity index is 896. The van der Waals surface area contributed by atoms with Gasteiger partial charge < -0.3 is 0 Å². The van der Waals surface area contributed by atoms with Gasteiger partial charge in [0.15, 0.2) is 11.6 Å². The van der Waals surface area contributed by atoms with Gasteiger partial charge in [-0.25, -0.2) is 14.6 Å². The van der Waals surface area contributed by atoms with E-state index in [-0.39, 0.29) is 17.3 Å². The van der Waals surface area contributed by atoms with Gasteiger partial charge in [0.25, 0.3) is 5.69 Å². The molecular formula is C11H6N8O2. The molecule has 0 aliphatic carbocycles. The fraction of sp³-hybridized carbons (Fsp3) is 0. The van der Waals surface area contributed by atoms with Crippen molar-refractivity contribution >= 4 is 22.4 Å². The number of hydrogen-bond acceptors (Lipinski definition) is 6. The van der Waals surface area contributed by atoms with Crippen LogP contribution in [0.2, 0.25) is 0 Å². The van der Waals surface area contributed by atoms with Crippen LogP contribution in [-0.4, -0.2) is 24.7 Å². The molecule has 3 rings (SSSR count). The predicted molar refractivity (Wildman–Crippen MR) is 72.1 cm³/mol. The lowest BCUT2D eigenvalue weighted by Gasteiger charge is -2.04. The molecule has 0 aliphatic heterocycles. The molecule has 2 heterocycles. The molecule has 0 saturated heterocycles. The summed E-state index contributed by atoms with van der Waals surface area (Å²) in [5.74, 6) is 0.322. The molecule has 0 atom stereocenters. The molecule has 10 nitrogen and oxygen atoms in total. The minimum atomic E-state index is -0.482. The second-order valence-corrected chi connectivity index (χ2v) is 3.95. The number of rotatable bonds is 3. The van der Waals surface area contributed by atoms with Gasteiger partial charge in [-0.3, -0.25) is 10.1 Å². The molecule has 0 radical (unpaired) electrons. The highest BCUT2D eigenvalue weighted by Crippen LogP contribution is 2.25. The van der Waals surface area contributed by atoms with Gasteiger partial charge in [0.1, 0.15) is 0 Å². The third-order valence-corrected chi connectivity index (χ3v) is 2.76. The van der Waals surface area contributed by atoms with E-state index in [0.29, 0.717) is 10.9 Å². The molecule has 3 aromatic rings. The van der Waals surface area contributed by atoms with Gasteiger partial charge in [0, 0.05) is 34.8 Å². The van der Waals surface area contributed by atoms with Crippen LogP contribution < -0.4 is 0 Å². The van der Waals surface area contributed by atoms with Crippen molar-refractivity contribution < 1.29 is 4.92 Å². The van der Waals surface area contributed by atoms with Crippen LogP contribution in [0.5, 0.6) is 0 Å². The summed E-state index contributed by atoms with van der Waals surface area (Å²) < 4.78 is 1.41. The summed E-state index contributed by atoms with van der Waals surface area (Å²) in [5.41, 5.74) is 9.10. The topological polar surface area (TPSA) is 136 Å². The molecule has 0 N–H and O–H groups in total. The average molecular weight is 282 g/mol. The van der Waals surface area contributed by atoms with Crippen LogP contribution in [0.25, 0.3) is 27.2 Å². The summed E-state index contributed by atoms with van der Waals surface area (Å²) in [4.78, 5) is 21.0. The van der Waals surface area contributed by atoms with Crippen molar-refractivity contribution in [1.29, 1.82) is 0 Å². The van der Waals surface area contributed by atoms with Crippen LogP contribution >= 0.6 is 0 Å². The largest absolute Gasteiger partial charge is 0.270 e. The quantitative estimate of drug-likeness (QED) is 0.239. The average Bonchev–Trinajstić information content (AvgIpc) is 2.91. The molecule has 0 saturated carbocycles. The third kappa shape index (κ3) is 2.11. The minimum absolute atomic E-state index is 0.0311. The number of hydrogen-bond donors (Lipinski definition) is 0. The molecule has 10 heteroatoms. The summed E-state index contributed by atoms with van der Waals surface area (Å²) >= 11 is 0. The van der Waals surface area contributed by atoms with E-state index in [1.165, 1.54) is 35.4 Å². The number of non-ortho nitro benzene ring substituents is 1. The first-order chi connectivity index (χ1) is 10.2. The van der Waals surface area contributed by atoms with Gasteiger partial charge in [0.2, 0.25) is 0 Å². The summed E-state index contributed by atoms with van der Waals surface area (Å²) in [5, 5.41) is 18.9. The number of nitrogens with zero attached hydrogens (tertiary/aromatic N) is 8. The van der Waals surface area contributed by atoms with Gasteiger partial charge in [-0.15, -0.1) is 0 Å². The number of nitro groups is 1. The first kappa shape index (κ1) is 12.5. The van der Waals surface area contributed by atoms with E-state index in [1.54, 1.807) is 6.07 Å². The Morgan fingerprint density at radius 1 is 1.33 bits per heavy atom. The molecule has 1 aromatic carbocycles. The van der Waals surface area contributed by atoms with Crippen LogP contribution in [0, 0.1) is 10.1 Å². The fourth-order valence-electron chi connectivity index (χ4n) is 1.89. The lowest BCUT2D eigenvalue weighted by atomic mass is 10.2. The van der Waals surface area contributed by atoms with Crippen LogP contribution in [-0.2, 0) is 0 Å². The normalized spacial score (nSPS) is 10.3. The Morgan fingerprint density at radius 3 is 2.90 bits per heavy atom. The molecule has 0 fully saturated rings. The van der Waals surface area contributed by atoms with Gasteiger partial charge >= 0.3 is 0 Å². The van der Waals surface area contributed by atoms with E-state index in [4.69, 9.17) is 5.53 Å². The number of aromatic nitrogens is 4. The third-order valence-electron chi connectivity index (χ3n) is 2.76. The fourth-order valence-corrected chi connectivity index (χ4v) is 1.89. The van der Waals surface area contributed by atoms with E-state index >= 15 is 0 Å². The van der Waals surface area contributed by atoms with Crippen molar-refractivity contribution in [3.05, 3.63) is 57.3 Å². The summed E-state index contributed by atoms with van der Waals surface area (Å²) in [6, 6.07) is 4.32. The van der Waals surface area contributed by atoms with Crippen molar-refractivity contribution in [2.75, 3.05) is 0 Å². The molecular weight excluding hydrogens is 276 g/mol. The smallest absolute Gasteiger partial charge is 0.258 e. The first-order valence-electron chi connectivity index (χ1n) is 5.69. The Hall–Kier alpha value is -3.52. The maximum atomic E-state index is 10.8. The summed E-state index contributed by atoms with van der Waals surface area (Å²) in [7, 11) is 0. The lowest BCUT2D eigenvalue weighted by Crippen LogP contribution is -2.00. The number of azide groups is 1. The van der Waals surface area contributed by atoms with E-state index in [9.17, 15) is 10.1 Å². The van der Waals surface area contributed by atoms with Crippen molar-refractivity contribution in [2.45, 2.75) is 0 Å². The Morgan fingerprint density at radius 2 is 2.14 bits per heavy atom. The molecule has 0 unspecified atom stereocenters. The first-order valence-corrected chi connectivity index (χ1v) is 5.69. The van der Waals surface area contributed by atoms with E-state index in [2.05, 4.69) is 25.1 Å². The van der Waals surface area contributed by atoms with Crippen molar-refractivity contribution in [2.24, 2.45) is 5.11 Å². The van der Waals surface area contributed by atoms with Crippen LogP contribution in [0.4, 0.5) is 11.5 Å². The second-order valence-electron chi connectivity index (χ2n) is 3.95. The Balaban J connectivity index is 2.22. The SMILES string of the molecule is [N-]=[N+]=Nc1nccnc1-n1ncc2cc([N+](=O)[O-])ccc21. The standard InChI is InChI=1S/C11H6N8O2/c12-17-16-10-11(14-4-3-13-10)18-9-2-1-8(19(20)21)5-7(9)6-15-18/h1-6H. The van der Waals surface area contributed by atoms with Crippen LogP contribution in [0.1, 0.15) is 0 Å². The highest BCUT2D eigenvalue weighted by Gasteiger charge is 2.13. The van der Waals surface area contributed by atoms with Gasteiger partial charge in [-0.2, -0.15) is 5.10 Å². The zero-order valence-electron chi connectivity index (χ0n) is 10.4. The number of benzene rings is 1. The maximum Gasteiger partial charge on any atom is 0.270 e. The zero-order valence-corrected chi connectivity index (χ0v) is 10.4.